The fourth-order valence-corrected chi connectivity index (χ4v) is 9.55. The van der Waals surface area contributed by atoms with Crippen LogP contribution in [0.15, 0.2) is 68.7 Å². The average molecular weight is 912 g/mol. The lowest BCUT2D eigenvalue weighted by atomic mass is 9.84. The molecule has 2 aromatic rings. The Kier molecular flexibility index (Phi) is 13.7. The van der Waals surface area contributed by atoms with Crippen molar-refractivity contribution in [2.45, 2.75) is 148 Å². The highest BCUT2D eigenvalue weighted by Gasteiger charge is 2.50. The zero-order valence-electron chi connectivity index (χ0n) is 34.1. The molecule has 0 bridgehead atoms. The third-order valence-electron chi connectivity index (χ3n) is 11.5. The van der Waals surface area contributed by atoms with E-state index in [-0.39, 0.29) is 36.5 Å². The van der Waals surface area contributed by atoms with Gasteiger partial charge in [0.15, 0.2) is 12.4 Å². The number of amides is 2. The quantitative estimate of drug-likeness (QED) is 0.161. The number of rotatable bonds is 6. The topological polar surface area (TPSA) is 115 Å². The number of hydrogen-bond donors (Lipinski definition) is 0. The number of allylic oxidation sites excluding steroid dienone is 1. The minimum Gasteiger partial charge on any atom is -0.456 e. The molecule has 2 aromatic carbocycles. The lowest BCUT2D eigenvalue weighted by molar-refractivity contribution is -0.148. The van der Waals surface area contributed by atoms with E-state index in [9.17, 15) is 19.2 Å². The highest BCUT2D eigenvalue weighted by Crippen LogP contribution is 2.43. The maximum absolute atomic E-state index is 13.1. The number of hydrogen-bond acceptors (Lipinski definition) is 8. The van der Waals surface area contributed by atoms with Gasteiger partial charge in [-0.05, 0) is 127 Å². The first-order valence-electron chi connectivity index (χ1n) is 20.5. The van der Waals surface area contributed by atoms with Gasteiger partial charge in [0.25, 0.3) is 0 Å². The van der Waals surface area contributed by atoms with Crippen molar-refractivity contribution < 1.29 is 33.4 Å². The van der Waals surface area contributed by atoms with E-state index in [0.717, 1.165) is 59.6 Å². The molecule has 10 nitrogen and oxygen atoms in total. The number of nitrogens with zero attached hydrogens (tertiary/aromatic N) is 3. The van der Waals surface area contributed by atoms with Gasteiger partial charge in [0, 0.05) is 44.9 Å². The normalized spacial score (nSPS) is 25.6. The van der Waals surface area contributed by atoms with E-state index < -0.39 is 29.3 Å². The highest BCUT2D eigenvalue weighted by molar-refractivity contribution is 9.10. The summed E-state index contributed by atoms with van der Waals surface area (Å²) in [6.45, 7) is 10.9. The van der Waals surface area contributed by atoms with Crippen LogP contribution in [0.25, 0.3) is 5.57 Å². The molecule has 0 spiro atoms. The lowest BCUT2D eigenvalue weighted by Gasteiger charge is -2.35. The van der Waals surface area contributed by atoms with Crippen LogP contribution in [0, 0.1) is 11.8 Å². The van der Waals surface area contributed by atoms with Crippen LogP contribution in [-0.2, 0) is 19.0 Å². The number of likely N-dealkylation sites (tertiary alicyclic amines) is 2. The maximum Gasteiger partial charge on any atom is 0.411 e. The Morgan fingerprint density at radius 3 is 1.79 bits per heavy atom. The standard InChI is InChI=1S/C23H29BrN2O2.C22H28BrNO5/c1-23(2,3)28-22(27)26-20-7-5-4-6-16(20)13-21(26)19-12-17(14-25-19)15-8-10-18(24)11-9-15;1-22(2,3)29-21(27)24-17-7-5-4-6-15(17)12-18(24)20(26)28-13-19(25)14-8-10-16(23)11-9-14/h8-11,14,16,20-21H,4-7,12-13H2,1-3H3;8-11,15,17-18H,4-7,12-13H2,1-3H3/t16-,20-,21-;15-,17-,18-/m00/s1. The number of ketones is 1. The van der Waals surface area contributed by atoms with Gasteiger partial charge in [0.05, 0.1) is 6.04 Å². The van der Waals surface area contributed by atoms with Gasteiger partial charge in [-0.25, -0.2) is 14.4 Å². The largest absolute Gasteiger partial charge is 0.456 e. The Bertz CT molecular complexity index is 1850. The molecule has 57 heavy (non-hydrogen) atoms. The number of carbonyl (C=O) groups is 4. The molecule has 4 fully saturated rings. The molecule has 3 heterocycles. The Balaban J connectivity index is 0.000000193. The molecular weight excluding hydrogens is 854 g/mol. The first-order chi connectivity index (χ1) is 27.0. The van der Waals surface area contributed by atoms with Gasteiger partial charge >= 0.3 is 18.2 Å². The van der Waals surface area contributed by atoms with Gasteiger partial charge in [-0.2, -0.15) is 0 Å². The molecule has 3 aliphatic heterocycles. The van der Waals surface area contributed by atoms with E-state index in [0.29, 0.717) is 23.9 Å². The number of fused-ring (bicyclic) bond motifs is 2. The van der Waals surface area contributed by atoms with E-state index in [1.54, 1.807) is 29.2 Å². The summed E-state index contributed by atoms with van der Waals surface area (Å²) in [6, 6.07) is 14.9. The molecule has 5 aliphatic rings. The number of carbonyl (C=O) groups excluding carboxylic acids is 4. The van der Waals surface area contributed by atoms with Crippen LogP contribution in [0.2, 0.25) is 0 Å². The predicted octanol–water partition coefficient (Wildman–Crippen LogP) is 10.9. The van der Waals surface area contributed by atoms with Gasteiger partial charge in [0.1, 0.15) is 17.2 Å². The third kappa shape index (κ3) is 11.0. The van der Waals surface area contributed by atoms with Crippen LogP contribution >= 0.6 is 31.9 Å². The number of halogens is 2. The Morgan fingerprint density at radius 1 is 0.702 bits per heavy atom. The Labute approximate surface area is 354 Å². The van der Waals surface area contributed by atoms with Crippen molar-refractivity contribution in [3.8, 4) is 0 Å². The number of esters is 1. The first kappa shape index (κ1) is 43.1. The molecule has 0 unspecified atom stereocenters. The average Bonchev–Trinajstić information content (AvgIpc) is 3.89. The van der Waals surface area contributed by atoms with Crippen molar-refractivity contribution >= 4 is 67.1 Å². The maximum atomic E-state index is 13.1. The molecule has 2 saturated heterocycles. The van der Waals surface area contributed by atoms with Gasteiger partial charge in [-0.1, -0.05) is 81.8 Å². The molecule has 0 N–H and O–H groups in total. The van der Waals surface area contributed by atoms with Crippen molar-refractivity contribution in [1.29, 1.82) is 0 Å². The van der Waals surface area contributed by atoms with Crippen LogP contribution < -0.4 is 0 Å². The molecule has 2 saturated carbocycles. The van der Waals surface area contributed by atoms with Gasteiger partial charge < -0.3 is 14.2 Å². The lowest BCUT2D eigenvalue weighted by Crippen LogP contribution is -2.48. The number of ether oxygens (including phenoxy) is 3. The van der Waals surface area contributed by atoms with E-state index in [4.69, 9.17) is 19.2 Å². The molecule has 12 heteroatoms. The number of Topliss-reactive ketones (excluding diaryl/α,β-unsaturated/α-hetero) is 1. The molecule has 2 aliphatic carbocycles. The second-order valence-corrected chi connectivity index (χ2v) is 19.8. The summed E-state index contributed by atoms with van der Waals surface area (Å²) in [4.78, 5) is 59.5. The summed E-state index contributed by atoms with van der Waals surface area (Å²) in [5, 5.41) is 0. The Hall–Kier alpha value is -3.51. The van der Waals surface area contributed by atoms with Crippen molar-refractivity contribution in [3.63, 3.8) is 0 Å². The van der Waals surface area contributed by atoms with Crippen molar-refractivity contribution in [3.05, 3.63) is 74.8 Å². The van der Waals surface area contributed by atoms with Crippen LogP contribution in [0.5, 0.6) is 0 Å². The van der Waals surface area contributed by atoms with Crippen LogP contribution in [0.1, 0.15) is 128 Å². The second kappa shape index (κ2) is 18.2. The molecule has 2 amide bonds. The summed E-state index contributed by atoms with van der Waals surface area (Å²) in [6.07, 6.45) is 12.5. The van der Waals surface area contributed by atoms with E-state index in [1.807, 2.05) is 52.6 Å². The van der Waals surface area contributed by atoms with E-state index in [2.05, 4.69) is 56.1 Å². The molecule has 308 valence electrons. The second-order valence-electron chi connectivity index (χ2n) is 18.0. The first-order valence-corrected chi connectivity index (χ1v) is 22.1. The van der Waals surface area contributed by atoms with Crippen molar-refractivity contribution in [1.82, 2.24) is 9.80 Å². The fraction of sp³-hybridized carbons (Fsp3) is 0.578. The van der Waals surface area contributed by atoms with Crippen LogP contribution in [0.4, 0.5) is 9.59 Å². The minimum atomic E-state index is -0.698. The van der Waals surface area contributed by atoms with Gasteiger partial charge in [0.2, 0.25) is 0 Å². The molecule has 7 rings (SSSR count). The van der Waals surface area contributed by atoms with Crippen LogP contribution in [-0.4, -0.2) is 81.4 Å². The number of benzene rings is 2. The van der Waals surface area contributed by atoms with Crippen LogP contribution in [0.3, 0.4) is 0 Å². The molecule has 6 atom stereocenters. The summed E-state index contributed by atoms with van der Waals surface area (Å²) < 4.78 is 18.6. The zero-order valence-corrected chi connectivity index (χ0v) is 37.3. The van der Waals surface area contributed by atoms with Gasteiger partial charge in [-0.15, -0.1) is 0 Å². The molecular formula is C45H57Br2N3O7. The SMILES string of the molecule is CC(C)(C)OC(=O)N1[C@H](C(=O)OCC(=O)c2ccc(Br)cc2)C[C@@H]2CCCC[C@@H]21.CC(C)(C)OC(=O)N1[C@H](C2=NC=C(c3ccc(Br)cc3)C2)C[C@@H]2CCCC[C@@H]21. The van der Waals surface area contributed by atoms with Crippen molar-refractivity contribution in [2.75, 3.05) is 6.61 Å². The molecule has 0 radical (unpaired) electrons. The fourth-order valence-electron chi connectivity index (χ4n) is 9.03. The Morgan fingerprint density at radius 2 is 1.21 bits per heavy atom. The summed E-state index contributed by atoms with van der Waals surface area (Å²) in [7, 11) is 0. The van der Waals surface area contributed by atoms with E-state index in [1.165, 1.54) is 30.4 Å². The predicted molar refractivity (Wildman–Crippen MR) is 228 cm³/mol. The van der Waals surface area contributed by atoms with Gasteiger partial charge in [-0.3, -0.25) is 19.6 Å². The smallest absolute Gasteiger partial charge is 0.411 e. The summed E-state index contributed by atoms with van der Waals surface area (Å²) in [5.74, 6) is 0.0440. The molecule has 0 aromatic heterocycles. The monoisotopic (exact) mass is 909 g/mol. The third-order valence-corrected chi connectivity index (χ3v) is 12.6. The number of aliphatic imine (C=N–C) groups is 1. The highest BCUT2D eigenvalue weighted by atomic mass is 79.9. The van der Waals surface area contributed by atoms with Crippen molar-refractivity contribution in [2.24, 2.45) is 16.8 Å². The summed E-state index contributed by atoms with van der Waals surface area (Å²) in [5.41, 5.74) is 2.88. The summed E-state index contributed by atoms with van der Waals surface area (Å²) >= 11 is 6.82. The van der Waals surface area contributed by atoms with E-state index >= 15 is 0 Å². The zero-order chi connectivity index (χ0) is 41.1. The minimum absolute atomic E-state index is 0.00155.